The number of rotatable bonds is 8. The monoisotopic (exact) mass is 389 g/mol. The van der Waals surface area contributed by atoms with Gasteiger partial charge in [0, 0.05) is 24.5 Å². The molecule has 0 radical (unpaired) electrons. The zero-order chi connectivity index (χ0) is 18.4. The molecule has 0 amide bonds. The van der Waals surface area contributed by atoms with E-state index in [1.54, 1.807) is 6.07 Å². The van der Waals surface area contributed by atoms with Crippen LogP contribution in [0, 0.1) is 0 Å². The number of fused-ring (bicyclic) bond motifs is 1. The Balaban J connectivity index is 1.38. The van der Waals surface area contributed by atoms with Crippen molar-refractivity contribution in [2.75, 3.05) is 18.4 Å². The molecule has 0 unspecified atom stereocenters. The zero-order valence-electron chi connectivity index (χ0n) is 14.3. The first-order valence-corrected chi connectivity index (χ1v) is 9.39. The van der Waals surface area contributed by atoms with Gasteiger partial charge in [0.15, 0.2) is 5.43 Å². The van der Waals surface area contributed by atoms with E-state index in [0.29, 0.717) is 15.4 Å². The van der Waals surface area contributed by atoms with Crippen molar-refractivity contribution in [3.05, 3.63) is 74.4 Å². The summed E-state index contributed by atoms with van der Waals surface area (Å²) in [6, 6.07) is 14.8. The lowest BCUT2D eigenvalue weighted by Crippen LogP contribution is -2.16. The van der Waals surface area contributed by atoms with Crippen molar-refractivity contribution < 1.29 is 0 Å². The fourth-order valence-corrected chi connectivity index (χ4v) is 3.09. The predicted molar refractivity (Wildman–Crippen MR) is 110 cm³/mol. The number of para-hydroxylation sites is 1. The van der Waals surface area contributed by atoms with E-state index in [0.717, 1.165) is 49.4 Å². The van der Waals surface area contributed by atoms with Gasteiger partial charge in [-0.1, -0.05) is 41.4 Å². The number of hydrogen-bond donors (Lipinski definition) is 3. The third-order valence-corrected chi connectivity index (χ3v) is 4.89. The van der Waals surface area contributed by atoms with E-state index in [-0.39, 0.29) is 5.43 Å². The van der Waals surface area contributed by atoms with E-state index in [9.17, 15) is 4.79 Å². The van der Waals surface area contributed by atoms with E-state index >= 15 is 0 Å². The first kappa shape index (κ1) is 18.8. The van der Waals surface area contributed by atoms with Crippen LogP contribution < -0.4 is 16.1 Å². The highest BCUT2D eigenvalue weighted by atomic mass is 35.5. The molecule has 26 heavy (non-hydrogen) atoms. The maximum Gasteiger partial charge on any atom is 0.191 e. The summed E-state index contributed by atoms with van der Waals surface area (Å²) in [5, 5.41) is 8.55. The summed E-state index contributed by atoms with van der Waals surface area (Å²) in [6.07, 6.45) is 2.04. The lowest BCUT2D eigenvalue weighted by atomic mass is 10.2. The number of benzene rings is 2. The van der Waals surface area contributed by atoms with Crippen molar-refractivity contribution in [2.45, 2.75) is 19.4 Å². The molecule has 0 aliphatic rings. The Hall–Kier alpha value is -2.01. The summed E-state index contributed by atoms with van der Waals surface area (Å²) < 4.78 is 0. The third kappa shape index (κ3) is 5.01. The number of nitrogens with one attached hydrogen (secondary N) is 3. The van der Waals surface area contributed by atoms with E-state index in [1.165, 1.54) is 0 Å². The highest BCUT2D eigenvalue weighted by Gasteiger charge is 2.01. The molecule has 0 saturated heterocycles. The molecule has 0 spiro atoms. The van der Waals surface area contributed by atoms with Gasteiger partial charge < -0.3 is 15.6 Å². The van der Waals surface area contributed by atoms with Gasteiger partial charge >= 0.3 is 0 Å². The van der Waals surface area contributed by atoms with Gasteiger partial charge in [-0.3, -0.25) is 4.79 Å². The minimum absolute atomic E-state index is 0.0325. The highest BCUT2D eigenvalue weighted by Crippen LogP contribution is 2.22. The molecule has 3 rings (SSSR count). The molecule has 6 heteroatoms. The summed E-state index contributed by atoms with van der Waals surface area (Å²) in [4.78, 5) is 15.3. The number of halogens is 2. The maximum atomic E-state index is 12.1. The largest absolute Gasteiger partial charge is 0.372 e. The standard InChI is InChI=1S/C20H21Cl2N3O/c21-16-8-7-14(11-17(16)22)13-23-9-3-4-10-24-20-12-19(26)15-5-1-2-6-18(15)25-20/h1-2,5-8,11-12,23H,3-4,9-10,13H2,(H2,24,25,26). The summed E-state index contributed by atoms with van der Waals surface area (Å²) in [6.45, 7) is 2.49. The molecular formula is C20H21Cl2N3O. The SMILES string of the molecule is O=c1cc(NCCCCNCc2ccc(Cl)c(Cl)c2)[nH]c2ccccc12. The zero-order valence-corrected chi connectivity index (χ0v) is 15.8. The van der Waals surface area contributed by atoms with Crippen LogP contribution >= 0.6 is 23.2 Å². The molecule has 0 aliphatic carbocycles. The molecule has 1 heterocycles. The van der Waals surface area contributed by atoms with Gasteiger partial charge in [-0.05, 0) is 49.2 Å². The topological polar surface area (TPSA) is 56.9 Å². The summed E-state index contributed by atoms with van der Waals surface area (Å²) in [5.74, 6) is 0.762. The Bertz CT molecular complexity index is 940. The van der Waals surface area contributed by atoms with Crippen molar-refractivity contribution in [2.24, 2.45) is 0 Å². The first-order valence-electron chi connectivity index (χ1n) is 8.64. The maximum absolute atomic E-state index is 12.1. The van der Waals surface area contributed by atoms with E-state index in [4.69, 9.17) is 23.2 Å². The third-order valence-electron chi connectivity index (χ3n) is 4.15. The first-order chi connectivity index (χ1) is 12.6. The minimum atomic E-state index is 0.0325. The van der Waals surface area contributed by atoms with Gasteiger partial charge in [-0.2, -0.15) is 0 Å². The Morgan fingerprint density at radius 1 is 0.923 bits per heavy atom. The Kier molecular flexibility index (Phi) is 6.56. The van der Waals surface area contributed by atoms with Crippen LogP contribution in [-0.4, -0.2) is 18.1 Å². The predicted octanol–water partition coefficient (Wildman–Crippen LogP) is 4.82. The number of H-pyrrole nitrogens is 1. The normalized spacial score (nSPS) is 11.0. The van der Waals surface area contributed by atoms with Gasteiger partial charge in [0.05, 0.1) is 15.6 Å². The van der Waals surface area contributed by atoms with E-state index in [1.807, 2.05) is 42.5 Å². The summed E-state index contributed by atoms with van der Waals surface area (Å²) in [7, 11) is 0. The van der Waals surface area contributed by atoms with E-state index < -0.39 is 0 Å². The highest BCUT2D eigenvalue weighted by molar-refractivity contribution is 6.42. The van der Waals surface area contributed by atoms with Crippen molar-refractivity contribution in [3.8, 4) is 0 Å². The Labute approximate surface area is 162 Å². The van der Waals surface area contributed by atoms with Gasteiger partial charge in [-0.25, -0.2) is 0 Å². The van der Waals surface area contributed by atoms with Crippen LogP contribution in [0.5, 0.6) is 0 Å². The van der Waals surface area contributed by atoms with Crippen LogP contribution in [0.2, 0.25) is 10.0 Å². The molecule has 4 nitrogen and oxygen atoms in total. The molecule has 3 aromatic rings. The van der Waals surface area contributed by atoms with Crippen LogP contribution in [0.3, 0.4) is 0 Å². The van der Waals surface area contributed by atoms with Gasteiger partial charge in [0.1, 0.15) is 5.82 Å². The lowest BCUT2D eigenvalue weighted by Gasteiger charge is -2.09. The number of anilines is 1. The lowest BCUT2D eigenvalue weighted by molar-refractivity contribution is 0.633. The molecule has 0 aliphatic heterocycles. The second-order valence-corrected chi connectivity index (χ2v) is 6.97. The Morgan fingerprint density at radius 2 is 1.73 bits per heavy atom. The van der Waals surface area contributed by atoms with Crippen molar-refractivity contribution in [1.29, 1.82) is 0 Å². The minimum Gasteiger partial charge on any atom is -0.372 e. The van der Waals surface area contributed by atoms with Crippen molar-refractivity contribution in [3.63, 3.8) is 0 Å². The second-order valence-electron chi connectivity index (χ2n) is 6.15. The fourth-order valence-electron chi connectivity index (χ4n) is 2.77. The molecular weight excluding hydrogens is 369 g/mol. The van der Waals surface area contributed by atoms with Crippen LogP contribution in [0.25, 0.3) is 10.9 Å². The van der Waals surface area contributed by atoms with Gasteiger partial charge in [0.25, 0.3) is 0 Å². The quantitative estimate of drug-likeness (QED) is 0.484. The fraction of sp³-hybridized carbons (Fsp3) is 0.250. The number of pyridine rings is 1. The molecule has 2 aromatic carbocycles. The molecule has 0 bridgehead atoms. The summed E-state index contributed by atoms with van der Waals surface area (Å²) >= 11 is 11.9. The number of hydrogen-bond acceptors (Lipinski definition) is 3. The van der Waals surface area contributed by atoms with Crippen molar-refractivity contribution in [1.82, 2.24) is 10.3 Å². The molecule has 136 valence electrons. The average molecular weight is 390 g/mol. The number of unbranched alkanes of at least 4 members (excludes halogenated alkanes) is 1. The van der Waals surface area contributed by atoms with Gasteiger partial charge in [0.2, 0.25) is 0 Å². The summed E-state index contributed by atoms with van der Waals surface area (Å²) in [5.41, 5.74) is 2.00. The molecule has 0 atom stereocenters. The number of aromatic amines is 1. The molecule has 0 saturated carbocycles. The van der Waals surface area contributed by atoms with Crippen LogP contribution in [0.1, 0.15) is 18.4 Å². The molecule has 1 aromatic heterocycles. The van der Waals surface area contributed by atoms with Crippen LogP contribution in [0.4, 0.5) is 5.82 Å². The van der Waals surface area contributed by atoms with Crippen LogP contribution in [0.15, 0.2) is 53.3 Å². The Morgan fingerprint density at radius 3 is 2.58 bits per heavy atom. The second kappa shape index (κ2) is 9.08. The molecule has 0 fully saturated rings. The molecule has 3 N–H and O–H groups in total. The van der Waals surface area contributed by atoms with E-state index in [2.05, 4.69) is 15.6 Å². The average Bonchev–Trinajstić information content (AvgIpc) is 2.64. The van der Waals surface area contributed by atoms with Gasteiger partial charge in [-0.15, -0.1) is 0 Å². The smallest absolute Gasteiger partial charge is 0.191 e. The van der Waals surface area contributed by atoms with Crippen molar-refractivity contribution >= 4 is 39.9 Å². The van der Waals surface area contributed by atoms with Crippen LogP contribution in [-0.2, 0) is 6.54 Å². The number of aromatic nitrogens is 1.